The van der Waals surface area contributed by atoms with Crippen LogP contribution in [0.15, 0.2) is 36.7 Å². The third kappa shape index (κ3) is 5.17. The van der Waals surface area contributed by atoms with Crippen molar-refractivity contribution in [3.63, 3.8) is 0 Å². The van der Waals surface area contributed by atoms with Gasteiger partial charge in [-0.15, -0.1) is 0 Å². The number of aromatic nitrogens is 2. The number of carbonyl (C=O) groups excluding carboxylic acids is 1. The van der Waals surface area contributed by atoms with Crippen molar-refractivity contribution in [3.8, 4) is 0 Å². The monoisotopic (exact) mass is 318 g/mol. The van der Waals surface area contributed by atoms with E-state index >= 15 is 0 Å². The number of nitrogens with one attached hydrogen (secondary N) is 2. The van der Waals surface area contributed by atoms with Gasteiger partial charge in [0.25, 0.3) is 0 Å². The van der Waals surface area contributed by atoms with E-state index in [4.69, 9.17) is 0 Å². The molecule has 0 aliphatic carbocycles. The lowest BCUT2D eigenvalue weighted by Gasteiger charge is -2.22. The number of hydrogen-bond donors (Lipinski definition) is 2. The maximum Gasteiger partial charge on any atom is 0.234 e. The van der Waals surface area contributed by atoms with Gasteiger partial charge in [-0.05, 0) is 38.5 Å². The van der Waals surface area contributed by atoms with Crippen molar-refractivity contribution in [1.82, 2.24) is 20.4 Å². The summed E-state index contributed by atoms with van der Waals surface area (Å²) in [6.45, 7) is 5.96. The van der Waals surface area contributed by atoms with Crippen molar-refractivity contribution in [3.05, 3.63) is 53.6 Å². The highest BCUT2D eigenvalue weighted by molar-refractivity contribution is 5.78. The van der Waals surface area contributed by atoms with Crippen LogP contribution in [0.5, 0.6) is 0 Å². The Bertz CT molecular complexity index is 658. The third-order valence-electron chi connectivity index (χ3n) is 3.24. The van der Waals surface area contributed by atoms with Gasteiger partial charge >= 0.3 is 0 Å². The molecule has 1 heterocycles. The molecule has 1 amide bonds. The Morgan fingerprint density at radius 1 is 1.26 bits per heavy atom. The third-order valence-corrected chi connectivity index (χ3v) is 3.24. The first-order chi connectivity index (χ1) is 10.7. The van der Waals surface area contributed by atoms with Gasteiger partial charge in [0.1, 0.15) is 5.82 Å². The molecule has 2 aromatic rings. The van der Waals surface area contributed by atoms with Gasteiger partial charge in [-0.1, -0.05) is 12.1 Å². The molecule has 124 valence electrons. The second-order valence-corrected chi connectivity index (χ2v) is 6.61. The topological polar surface area (TPSA) is 59.0 Å². The van der Waals surface area contributed by atoms with E-state index in [0.717, 1.165) is 11.1 Å². The van der Waals surface area contributed by atoms with Crippen molar-refractivity contribution < 1.29 is 9.18 Å². The van der Waals surface area contributed by atoms with Gasteiger partial charge in [0.05, 0.1) is 18.8 Å². The molecule has 0 aliphatic heterocycles. The second kappa shape index (κ2) is 6.91. The van der Waals surface area contributed by atoms with Crippen LogP contribution < -0.4 is 10.6 Å². The summed E-state index contributed by atoms with van der Waals surface area (Å²) in [5.41, 5.74) is 1.52. The van der Waals surface area contributed by atoms with Crippen molar-refractivity contribution in [2.24, 2.45) is 7.05 Å². The summed E-state index contributed by atoms with van der Waals surface area (Å²) in [6.07, 6.45) is 3.62. The van der Waals surface area contributed by atoms with Crippen LogP contribution in [0.1, 0.15) is 37.9 Å². The Balaban J connectivity index is 2.14. The lowest BCUT2D eigenvalue weighted by atomic mass is 10.0. The van der Waals surface area contributed by atoms with E-state index in [0.29, 0.717) is 0 Å². The molecule has 23 heavy (non-hydrogen) atoms. The van der Waals surface area contributed by atoms with Crippen LogP contribution in [0.4, 0.5) is 4.39 Å². The molecule has 0 saturated carbocycles. The number of nitrogens with zero attached hydrogens (tertiary/aromatic N) is 2. The number of halogens is 1. The summed E-state index contributed by atoms with van der Waals surface area (Å²) < 4.78 is 14.9. The maximum atomic E-state index is 13.2. The van der Waals surface area contributed by atoms with Crippen LogP contribution in [0.3, 0.4) is 0 Å². The maximum absolute atomic E-state index is 13.2. The van der Waals surface area contributed by atoms with E-state index in [2.05, 4.69) is 15.7 Å². The SMILES string of the molecule is Cn1cc(C(NCC(=O)NC(C)(C)C)c2ccc(F)cc2)cn1. The zero-order valence-corrected chi connectivity index (χ0v) is 13.9. The van der Waals surface area contributed by atoms with Crippen molar-refractivity contribution in [1.29, 1.82) is 0 Å². The molecule has 1 aromatic carbocycles. The number of benzene rings is 1. The fourth-order valence-electron chi connectivity index (χ4n) is 2.33. The standard InChI is InChI=1S/C17H23FN4O/c1-17(2,3)21-15(23)10-19-16(13-9-20-22(4)11-13)12-5-7-14(18)8-6-12/h5-9,11,16,19H,10H2,1-4H3,(H,21,23). The molecule has 0 saturated heterocycles. The molecule has 1 atom stereocenters. The normalized spacial score (nSPS) is 12.9. The van der Waals surface area contributed by atoms with E-state index in [1.54, 1.807) is 23.0 Å². The Hall–Kier alpha value is -2.21. The highest BCUT2D eigenvalue weighted by Crippen LogP contribution is 2.21. The van der Waals surface area contributed by atoms with E-state index in [1.165, 1.54) is 12.1 Å². The van der Waals surface area contributed by atoms with Gasteiger partial charge in [0, 0.05) is 24.3 Å². The van der Waals surface area contributed by atoms with Crippen LogP contribution in [-0.4, -0.2) is 27.8 Å². The second-order valence-electron chi connectivity index (χ2n) is 6.61. The molecule has 1 aromatic heterocycles. The molecule has 5 nitrogen and oxygen atoms in total. The lowest BCUT2D eigenvalue weighted by molar-refractivity contribution is -0.121. The van der Waals surface area contributed by atoms with E-state index in [-0.39, 0.29) is 29.8 Å². The minimum absolute atomic E-state index is 0.0894. The molecule has 6 heteroatoms. The first-order valence-corrected chi connectivity index (χ1v) is 7.53. The predicted octanol–water partition coefficient (Wildman–Crippen LogP) is 2.15. The quantitative estimate of drug-likeness (QED) is 0.888. The molecule has 0 aliphatic rings. The zero-order valence-electron chi connectivity index (χ0n) is 13.9. The van der Waals surface area contributed by atoms with Gasteiger partial charge in [0.15, 0.2) is 0 Å². The number of carbonyl (C=O) groups is 1. The molecular weight excluding hydrogens is 295 g/mol. The molecule has 1 unspecified atom stereocenters. The van der Waals surface area contributed by atoms with Crippen LogP contribution in [0.2, 0.25) is 0 Å². The van der Waals surface area contributed by atoms with E-state index < -0.39 is 0 Å². The summed E-state index contributed by atoms with van der Waals surface area (Å²) >= 11 is 0. The van der Waals surface area contributed by atoms with Crippen LogP contribution in [0, 0.1) is 5.82 Å². The zero-order chi connectivity index (χ0) is 17.0. The van der Waals surface area contributed by atoms with Crippen LogP contribution in [-0.2, 0) is 11.8 Å². The summed E-state index contributed by atoms with van der Waals surface area (Å²) in [5, 5.41) is 10.3. The first kappa shape index (κ1) is 17.1. The van der Waals surface area contributed by atoms with Gasteiger partial charge in [-0.2, -0.15) is 5.10 Å². The molecule has 0 spiro atoms. The Kier molecular flexibility index (Phi) is 5.15. The van der Waals surface area contributed by atoms with Crippen LogP contribution in [0.25, 0.3) is 0 Å². The van der Waals surface area contributed by atoms with Gasteiger partial charge in [-0.25, -0.2) is 4.39 Å². The first-order valence-electron chi connectivity index (χ1n) is 7.53. The molecule has 0 bridgehead atoms. The Morgan fingerprint density at radius 2 is 1.91 bits per heavy atom. The Morgan fingerprint density at radius 3 is 2.43 bits per heavy atom. The molecule has 0 radical (unpaired) electrons. The fraction of sp³-hybridized carbons (Fsp3) is 0.412. The number of aryl methyl sites for hydroxylation is 1. The average molecular weight is 318 g/mol. The minimum Gasteiger partial charge on any atom is -0.350 e. The number of amides is 1. The average Bonchev–Trinajstić information content (AvgIpc) is 2.85. The highest BCUT2D eigenvalue weighted by Gasteiger charge is 2.19. The van der Waals surface area contributed by atoms with Crippen molar-refractivity contribution in [2.45, 2.75) is 32.4 Å². The predicted molar refractivity (Wildman–Crippen MR) is 87.3 cm³/mol. The van der Waals surface area contributed by atoms with E-state index in [1.807, 2.05) is 34.0 Å². The van der Waals surface area contributed by atoms with Crippen LogP contribution >= 0.6 is 0 Å². The van der Waals surface area contributed by atoms with E-state index in [9.17, 15) is 9.18 Å². The Labute approximate surface area is 135 Å². The molecule has 2 N–H and O–H groups in total. The van der Waals surface area contributed by atoms with Gasteiger partial charge < -0.3 is 5.32 Å². The van der Waals surface area contributed by atoms with Crippen molar-refractivity contribution >= 4 is 5.91 Å². The molecule has 2 rings (SSSR count). The number of rotatable bonds is 5. The summed E-state index contributed by atoms with van der Waals surface area (Å²) in [4.78, 5) is 12.0. The highest BCUT2D eigenvalue weighted by atomic mass is 19.1. The smallest absolute Gasteiger partial charge is 0.234 e. The minimum atomic E-state index is -0.288. The van der Waals surface area contributed by atoms with Gasteiger partial charge in [-0.3, -0.25) is 14.8 Å². The summed E-state index contributed by atoms with van der Waals surface area (Å²) in [7, 11) is 1.83. The largest absolute Gasteiger partial charge is 0.350 e. The summed E-state index contributed by atoms with van der Waals surface area (Å²) in [5.74, 6) is -0.377. The van der Waals surface area contributed by atoms with Crippen molar-refractivity contribution in [2.75, 3.05) is 6.54 Å². The number of hydrogen-bond acceptors (Lipinski definition) is 3. The molecular formula is C17H23FN4O. The fourth-order valence-corrected chi connectivity index (χ4v) is 2.33. The lowest BCUT2D eigenvalue weighted by Crippen LogP contribution is -2.45. The van der Waals surface area contributed by atoms with Gasteiger partial charge in [0.2, 0.25) is 5.91 Å². The molecule has 0 fully saturated rings. The summed E-state index contributed by atoms with van der Waals surface area (Å²) in [6, 6.07) is 6.02.